The molecule has 2 aromatic heterocycles. The summed E-state index contributed by atoms with van der Waals surface area (Å²) < 4.78 is 0. The Hall–Kier alpha value is -4.72. The highest BCUT2D eigenvalue weighted by atomic mass is 16.4. The number of carboxylic acid groups (broad SMARTS) is 2. The van der Waals surface area contributed by atoms with Gasteiger partial charge < -0.3 is 41.9 Å². The molecular weight excluding hydrogens is 486 g/mol. The molecular formula is C23H27N7O7. The maximum atomic E-state index is 12.9. The zero-order valence-corrected chi connectivity index (χ0v) is 19.6. The van der Waals surface area contributed by atoms with Crippen LogP contribution in [0.1, 0.15) is 17.7 Å². The fourth-order valence-electron chi connectivity index (χ4n) is 3.65. The van der Waals surface area contributed by atoms with Crippen molar-refractivity contribution >= 4 is 40.6 Å². The maximum absolute atomic E-state index is 12.9. The van der Waals surface area contributed by atoms with E-state index >= 15 is 0 Å². The second kappa shape index (κ2) is 12.3. The molecule has 196 valence electrons. The number of nitrogens with one attached hydrogen (secondary N) is 5. The van der Waals surface area contributed by atoms with Crippen LogP contribution in [0.15, 0.2) is 43.0 Å². The average Bonchev–Trinajstić information content (AvgIpc) is 3.51. The molecule has 3 rings (SSSR count). The number of hydrogen-bond acceptors (Lipinski definition) is 7. The van der Waals surface area contributed by atoms with Crippen molar-refractivity contribution in [3.05, 3.63) is 54.2 Å². The highest BCUT2D eigenvalue weighted by Gasteiger charge is 2.27. The number of aromatic nitrogens is 3. The number of nitrogens with zero attached hydrogens (tertiary/aromatic N) is 1. The van der Waals surface area contributed by atoms with Gasteiger partial charge in [0, 0.05) is 35.4 Å². The van der Waals surface area contributed by atoms with E-state index in [1.54, 1.807) is 6.20 Å². The Kier molecular flexibility index (Phi) is 8.94. The number of carbonyl (C=O) groups is 5. The second-order valence-corrected chi connectivity index (χ2v) is 8.29. The van der Waals surface area contributed by atoms with Gasteiger partial charge in [-0.1, -0.05) is 18.2 Å². The molecule has 0 radical (unpaired) electrons. The number of aliphatic carboxylic acids is 2. The summed E-state index contributed by atoms with van der Waals surface area (Å²) in [6.45, 7) is -0.640. The van der Waals surface area contributed by atoms with Crippen molar-refractivity contribution in [2.75, 3.05) is 6.54 Å². The third kappa shape index (κ3) is 7.63. The predicted molar refractivity (Wildman–Crippen MR) is 129 cm³/mol. The minimum atomic E-state index is -1.66. The van der Waals surface area contributed by atoms with Gasteiger partial charge in [-0.05, 0) is 18.1 Å². The Balaban J connectivity index is 1.62. The summed E-state index contributed by atoms with van der Waals surface area (Å²) in [6.07, 6.45) is 4.01. The average molecular weight is 514 g/mol. The Morgan fingerprint density at radius 3 is 2.41 bits per heavy atom. The highest BCUT2D eigenvalue weighted by Crippen LogP contribution is 2.18. The number of aromatic amines is 2. The van der Waals surface area contributed by atoms with Crippen molar-refractivity contribution in [3.8, 4) is 0 Å². The first-order valence-electron chi connectivity index (χ1n) is 11.2. The van der Waals surface area contributed by atoms with Crippen LogP contribution < -0.4 is 21.7 Å². The molecule has 2 heterocycles. The number of amides is 3. The van der Waals surface area contributed by atoms with E-state index in [1.807, 2.05) is 29.6 Å². The van der Waals surface area contributed by atoms with Gasteiger partial charge >= 0.3 is 11.9 Å². The van der Waals surface area contributed by atoms with Gasteiger partial charge in [0.05, 0.1) is 25.3 Å². The number of fused-ring (bicyclic) bond motifs is 1. The van der Waals surface area contributed by atoms with Crippen LogP contribution in [0, 0.1) is 0 Å². The summed E-state index contributed by atoms with van der Waals surface area (Å²) in [6, 6.07) is 3.76. The summed E-state index contributed by atoms with van der Waals surface area (Å²) in [4.78, 5) is 69.5. The fraction of sp³-hybridized carbons (Fsp3) is 0.304. The lowest BCUT2D eigenvalue weighted by Gasteiger charge is -2.20. The highest BCUT2D eigenvalue weighted by molar-refractivity contribution is 5.93. The number of H-pyrrole nitrogens is 2. The van der Waals surface area contributed by atoms with Crippen LogP contribution in [-0.4, -0.2) is 79.5 Å². The van der Waals surface area contributed by atoms with Crippen LogP contribution in [0.2, 0.25) is 0 Å². The molecule has 14 heteroatoms. The van der Waals surface area contributed by atoms with Crippen molar-refractivity contribution in [1.82, 2.24) is 30.9 Å². The topological polar surface area (TPSA) is 232 Å². The van der Waals surface area contributed by atoms with E-state index in [9.17, 15) is 24.0 Å². The predicted octanol–water partition coefficient (Wildman–Crippen LogP) is -1.35. The minimum absolute atomic E-state index is 0.00969. The minimum Gasteiger partial charge on any atom is -0.481 e. The molecule has 0 bridgehead atoms. The van der Waals surface area contributed by atoms with Crippen molar-refractivity contribution in [1.29, 1.82) is 0 Å². The number of carbonyl (C=O) groups excluding carboxylic acids is 3. The SMILES string of the molecule is NC(Cc1c[nH]c2ccccc12)C(=O)NC(Cc1cnc[nH]1)C(=O)NCC(=O)NC(CC(=O)O)C(=O)O. The lowest BCUT2D eigenvalue weighted by atomic mass is 10.0. The summed E-state index contributed by atoms with van der Waals surface area (Å²) in [7, 11) is 0. The monoisotopic (exact) mass is 513 g/mol. The lowest BCUT2D eigenvalue weighted by molar-refractivity contribution is -0.147. The van der Waals surface area contributed by atoms with E-state index in [0.717, 1.165) is 16.5 Å². The van der Waals surface area contributed by atoms with Crippen LogP contribution in [0.4, 0.5) is 0 Å². The van der Waals surface area contributed by atoms with E-state index in [4.69, 9.17) is 15.9 Å². The summed E-state index contributed by atoms with van der Waals surface area (Å²) >= 11 is 0. The number of benzene rings is 1. The van der Waals surface area contributed by atoms with Gasteiger partial charge in [-0.2, -0.15) is 0 Å². The summed E-state index contributed by atoms with van der Waals surface area (Å²) in [5, 5.41) is 25.7. The first kappa shape index (κ1) is 26.9. The van der Waals surface area contributed by atoms with Crippen molar-refractivity contribution in [2.24, 2.45) is 5.73 Å². The lowest BCUT2D eigenvalue weighted by Crippen LogP contribution is -2.54. The zero-order chi connectivity index (χ0) is 26.9. The van der Waals surface area contributed by atoms with Crippen LogP contribution in [0.3, 0.4) is 0 Å². The smallest absolute Gasteiger partial charge is 0.326 e. The Bertz CT molecular complexity index is 1270. The molecule has 0 spiro atoms. The molecule has 0 saturated carbocycles. The Labute approximate surface area is 210 Å². The van der Waals surface area contributed by atoms with Gasteiger partial charge in [-0.3, -0.25) is 19.2 Å². The summed E-state index contributed by atoms with van der Waals surface area (Å²) in [5.74, 6) is -5.19. The molecule has 0 aliphatic heterocycles. The van der Waals surface area contributed by atoms with Crippen molar-refractivity contribution in [2.45, 2.75) is 37.4 Å². The molecule has 9 N–H and O–H groups in total. The van der Waals surface area contributed by atoms with Crippen LogP contribution in [0.5, 0.6) is 0 Å². The van der Waals surface area contributed by atoms with Crippen molar-refractivity contribution < 1.29 is 34.2 Å². The number of nitrogens with two attached hydrogens (primary N) is 1. The maximum Gasteiger partial charge on any atom is 0.326 e. The standard InChI is InChI=1S/C23H27N7O7/c24-15(5-12-8-26-16-4-2-1-3-14(12)16)21(34)30-17(6-13-9-25-11-28-13)22(35)27-10-19(31)29-18(23(36)37)7-20(32)33/h1-4,8-9,11,15,17-18,26H,5-7,10,24H2,(H,25,28)(H,27,35)(H,29,31)(H,30,34)(H,32,33)(H,36,37). The first-order chi connectivity index (χ1) is 17.6. The van der Waals surface area contributed by atoms with E-state index in [0.29, 0.717) is 5.69 Å². The van der Waals surface area contributed by atoms with Gasteiger partial charge in [0.25, 0.3) is 0 Å². The molecule has 37 heavy (non-hydrogen) atoms. The molecule has 3 atom stereocenters. The molecule has 1 aromatic carbocycles. The number of para-hydroxylation sites is 1. The molecule has 0 aliphatic rings. The fourth-order valence-corrected chi connectivity index (χ4v) is 3.65. The van der Waals surface area contributed by atoms with Crippen molar-refractivity contribution in [3.63, 3.8) is 0 Å². The van der Waals surface area contributed by atoms with E-state index in [1.165, 1.54) is 12.5 Å². The first-order valence-corrected chi connectivity index (χ1v) is 11.2. The molecule has 0 saturated heterocycles. The molecule has 0 aliphatic carbocycles. The van der Waals surface area contributed by atoms with E-state index in [2.05, 4.69) is 25.6 Å². The third-order valence-corrected chi connectivity index (χ3v) is 5.50. The normalized spacial score (nSPS) is 13.3. The Morgan fingerprint density at radius 2 is 1.73 bits per heavy atom. The number of hydrogen-bond donors (Lipinski definition) is 8. The number of rotatable bonds is 13. The van der Waals surface area contributed by atoms with E-state index < -0.39 is 60.8 Å². The van der Waals surface area contributed by atoms with E-state index in [-0.39, 0.29) is 12.8 Å². The van der Waals surface area contributed by atoms with Gasteiger partial charge in [-0.25, -0.2) is 9.78 Å². The van der Waals surface area contributed by atoms with Crippen LogP contribution >= 0.6 is 0 Å². The molecule has 14 nitrogen and oxygen atoms in total. The molecule has 3 amide bonds. The number of imidazole rings is 1. The number of carboxylic acids is 2. The summed E-state index contributed by atoms with van der Waals surface area (Å²) in [5.41, 5.74) is 8.38. The van der Waals surface area contributed by atoms with Crippen LogP contribution in [-0.2, 0) is 36.8 Å². The van der Waals surface area contributed by atoms with Gasteiger partial charge in [0.1, 0.15) is 12.1 Å². The Morgan fingerprint density at radius 1 is 0.973 bits per heavy atom. The largest absolute Gasteiger partial charge is 0.481 e. The zero-order valence-electron chi connectivity index (χ0n) is 19.6. The molecule has 0 fully saturated rings. The third-order valence-electron chi connectivity index (χ3n) is 5.50. The molecule has 3 aromatic rings. The quantitative estimate of drug-likeness (QED) is 0.135. The van der Waals surface area contributed by atoms with Crippen LogP contribution in [0.25, 0.3) is 10.9 Å². The van der Waals surface area contributed by atoms with Gasteiger partial charge in [0.15, 0.2) is 0 Å². The second-order valence-electron chi connectivity index (χ2n) is 8.29. The van der Waals surface area contributed by atoms with Gasteiger partial charge in [0.2, 0.25) is 17.7 Å². The molecule has 3 unspecified atom stereocenters. The van der Waals surface area contributed by atoms with Gasteiger partial charge in [-0.15, -0.1) is 0 Å².